The second-order valence-electron chi connectivity index (χ2n) is 5.68. The summed E-state index contributed by atoms with van der Waals surface area (Å²) in [4.78, 5) is 16.4. The van der Waals surface area contributed by atoms with Gasteiger partial charge in [-0.3, -0.25) is 4.79 Å². The van der Waals surface area contributed by atoms with Crippen LogP contribution >= 0.6 is 11.6 Å². The zero-order chi connectivity index (χ0) is 18.4. The molecule has 1 heterocycles. The third kappa shape index (κ3) is 4.91. The van der Waals surface area contributed by atoms with Crippen LogP contribution in [-0.4, -0.2) is 22.2 Å². The van der Waals surface area contributed by atoms with Crippen LogP contribution in [0, 0.1) is 0 Å². The second-order valence-corrected chi connectivity index (χ2v) is 6.12. The van der Waals surface area contributed by atoms with Crippen molar-refractivity contribution in [3.8, 4) is 11.4 Å². The van der Waals surface area contributed by atoms with Crippen LogP contribution in [0.5, 0.6) is 0 Å². The van der Waals surface area contributed by atoms with Gasteiger partial charge in [0, 0.05) is 10.6 Å². The second kappa shape index (κ2) is 8.60. The van der Waals surface area contributed by atoms with E-state index in [9.17, 15) is 4.79 Å². The van der Waals surface area contributed by atoms with Gasteiger partial charge in [0.1, 0.15) is 6.10 Å². The molecular formula is C19H18ClN3O3. The minimum Gasteiger partial charge on any atom is -0.364 e. The van der Waals surface area contributed by atoms with Crippen molar-refractivity contribution in [1.82, 2.24) is 15.5 Å². The molecule has 1 amide bonds. The van der Waals surface area contributed by atoms with Crippen LogP contribution in [0.25, 0.3) is 11.4 Å². The summed E-state index contributed by atoms with van der Waals surface area (Å²) in [6, 6.07) is 16.8. The molecule has 0 spiro atoms. The lowest BCUT2D eigenvalue weighted by molar-refractivity contribution is -0.132. The van der Waals surface area contributed by atoms with Gasteiger partial charge < -0.3 is 14.6 Å². The highest BCUT2D eigenvalue weighted by Gasteiger charge is 2.15. The first kappa shape index (κ1) is 18.1. The number of nitrogens with zero attached hydrogens (tertiary/aromatic N) is 2. The van der Waals surface area contributed by atoms with Gasteiger partial charge in [0.2, 0.25) is 17.6 Å². The number of benzene rings is 2. The number of ether oxygens (including phenoxy) is 1. The van der Waals surface area contributed by atoms with Crippen molar-refractivity contribution >= 4 is 17.5 Å². The van der Waals surface area contributed by atoms with Gasteiger partial charge in [0.05, 0.1) is 13.2 Å². The molecule has 134 valence electrons. The van der Waals surface area contributed by atoms with E-state index in [1.807, 2.05) is 36.4 Å². The molecule has 1 atom stereocenters. The van der Waals surface area contributed by atoms with Crippen molar-refractivity contribution in [2.45, 2.75) is 26.2 Å². The van der Waals surface area contributed by atoms with Gasteiger partial charge in [-0.05, 0) is 24.6 Å². The Hall–Kier alpha value is -2.70. The maximum Gasteiger partial charge on any atom is 0.249 e. The SMILES string of the molecule is CC(OCc1ccccc1)C(=O)NCc1nc(-c2cccc(Cl)c2)no1. The molecule has 0 saturated carbocycles. The predicted molar refractivity (Wildman–Crippen MR) is 97.3 cm³/mol. The minimum atomic E-state index is -0.592. The summed E-state index contributed by atoms with van der Waals surface area (Å²) >= 11 is 5.96. The lowest BCUT2D eigenvalue weighted by Gasteiger charge is -2.12. The maximum absolute atomic E-state index is 12.1. The van der Waals surface area contributed by atoms with E-state index in [2.05, 4.69) is 15.5 Å². The van der Waals surface area contributed by atoms with Gasteiger partial charge in [0.15, 0.2) is 0 Å². The molecule has 1 aromatic heterocycles. The summed E-state index contributed by atoms with van der Waals surface area (Å²) in [5.74, 6) is 0.483. The Bertz CT molecular complexity index is 867. The van der Waals surface area contributed by atoms with E-state index in [0.29, 0.717) is 23.3 Å². The summed E-state index contributed by atoms with van der Waals surface area (Å²) in [5.41, 5.74) is 1.76. The first-order chi connectivity index (χ1) is 12.6. The van der Waals surface area contributed by atoms with Gasteiger partial charge in [-0.2, -0.15) is 4.98 Å². The van der Waals surface area contributed by atoms with Crippen molar-refractivity contribution in [2.75, 3.05) is 0 Å². The number of carbonyl (C=O) groups is 1. The van der Waals surface area contributed by atoms with E-state index in [4.69, 9.17) is 20.9 Å². The third-order valence-electron chi connectivity index (χ3n) is 3.68. The fraction of sp³-hybridized carbons (Fsp3) is 0.211. The molecule has 0 aliphatic carbocycles. The maximum atomic E-state index is 12.1. The molecule has 0 aliphatic heterocycles. The zero-order valence-corrected chi connectivity index (χ0v) is 14.9. The molecule has 0 bridgehead atoms. The first-order valence-electron chi connectivity index (χ1n) is 8.13. The van der Waals surface area contributed by atoms with E-state index in [-0.39, 0.29) is 12.5 Å². The molecule has 3 rings (SSSR count). The Labute approximate surface area is 156 Å². The van der Waals surface area contributed by atoms with Gasteiger partial charge in [-0.15, -0.1) is 0 Å². The Balaban J connectivity index is 1.50. The lowest BCUT2D eigenvalue weighted by Crippen LogP contribution is -2.34. The molecule has 26 heavy (non-hydrogen) atoms. The van der Waals surface area contributed by atoms with Crippen LogP contribution in [0.1, 0.15) is 18.4 Å². The number of carbonyl (C=O) groups excluding carboxylic acids is 1. The minimum absolute atomic E-state index is 0.130. The molecule has 0 fully saturated rings. The Morgan fingerprint density at radius 1 is 1.23 bits per heavy atom. The Kier molecular flexibility index (Phi) is 5.99. The zero-order valence-electron chi connectivity index (χ0n) is 14.2. The highest BCUT2D eigenvalue weighted by molar-refractivity contribution is 6.30. The van der Waals surface area contributed by atoms with E-state index in [0.717, 1.165) is 11.1 Å². The standard InChI is InChI=1S/C19H18ClN3O3/c1-13(25-12-14-6-3-2-4-7-14)19(24)21-11-17-22-18(23-26-17)15-8-5-9-16(20)10-15/h2-10,13H,11-12H2,1H3,(H,21,24). The first-order valence-corrected chi connectivity index (χ1v) is 8.51. The Morgan fingerprint density at radius 2 is 2.04 bits per heavy atom. The normalized spacial score (nSPS) is 11.9. The summed E-state index contributed by atoms with van der Waals surface area (Å²) in [5, 5.41) is 7.21. The molecule has 0 saturated heterocycles. The average molecular weight is 372 g/mol. The fourth-order valence-electron chi connectivity index (χ4n) is 2.25. The molecule has 7 heteroatoms. The summed E-state index contributed by atoms with van der Waals surface area (Å²) in [6.45, 7) is 2.20. The van der Waals surface area contributed by atoms with Crippen LogP contribution in [0.4, 0.5) is 0 Å². The van der Waals surface area contributed by atoms with Crippen LogP contribution in [0.15, 0.2) is 59.1 Å². The van der Waals surface area contributed by atoms with E-state index in [1.54, 1.807) is 25.1 Å². The highest BCUT2D eigenvalue weighted by Crippen LogP contribution is 2.19. The van der Waals surface area contributed by atoms with Gasteiger partial charge >= 0.3 is 0 Å². The smallest absolute Gasteiger partial charge is 0.249 e. The van der Waals surface area contributed by atoms with E-state index in [1.165, 1.54) is 0 Å². The monoisotopic (exact) mass is 371 g/mol. The fourth-order valence-corrected chi connectivity index (χ4v) is 2.44. The number of amides is 1. The summed E-state index contributed by atoms with van der Waals surface area (Å²) < 4.78 is 10.7. The largest absolute Gasteiger partial charge is 0.364 e. The lowest BCUT2D eigenvalue weighted by atomic mass is 10.2. The molecule has 1 N–H and O–H groups in total. The number of halogens is 1. The van der Waals surface area contributed by atoms with Crippen LogP contribution in [-0.2, 0) is 22.7 Å². The third-order valence-corrected chi connectivity index (χ3v) is 3.91. The van der Waals surface area contributed by atoms with Crippen molar-refractivity contribution in [2.24, 2.45) is 0 Å². The van der Waals surface area contributed by atoms with E-state index < -0.39 is 6.10 Å². The van der Waals surface area contributed by atoms with Crippen LogP contribution in [0.3, 0.4) is 0 Å². The topological polar surface area (TPSA) is 77.2 Å². The molecule has 6 nitrogen and oxygen atoms in total. The average Bonchev–Trinajstić information content (AvgIpc) is 3.14. The number of nitrogens with one attached hydrogen (secondary N) is 1. The van der Waals surface area contributed by atoms with Crippen molar-refractivity contribution in [3.63, 3.8) is 0 Å². The van der Waals surface area contributed by atoms with Gasteiger partial charge in [-0.1, -0.05) is 59.2 Å². The molecule has 3 aromatic rings. The molecule has 0 aliphatic rings. The molecular weight excluding hydrogens is 354 g/mol. The quantitative estimate of drug-likeness (QED) is 0.686. The Morgan fingerprint density at radius 3 is 2.81 bits per heavy atom. The molecule has 2 aromatic carbocycles. The van der Waals surface area contributed by atoms with Crippen LogP contribution in [0.2, 0.25) is 5.02 Å². The van der Waals surface area contributed by atoms with Crippen molar-refractivity contribution in [1.29, 1.82) is 0 Å². The molecule has 1 unspecified atom stereocenters. The predicted octanol–water partition coefficient (Wildman–Crippen LogP) is 3.61. The highest BCUT2D eigenvalue weighted by atomic mass is 35.5. The summed E-state index contributed by atoms with van der Waals surface area (Å²) in [6.07, 6.45) is -0.592. The number of hydrogen-bond acceptors (Lipinski definition) is 5. The number of rotatable bonds is 7. The summed E-state index contributed by atoms with van der Waals surface area (Å²) in [7, 11) is 0. The van der Waals surface area contributed by atoms with Crippen LogP contribution < -0.4 is 5.32 Å². The molecule has 0 radical (unpaired) electrons. The number of hydrogen-bond donors (Lipinski definition) is 1. The van der Waals surface area contributed by atoms with Crippen molar-refractivity contribution < 1.29 is 14.1 Å². The van der Waals surface area contributed by atoms with Crippen molar-refractivity contribution in [3.05, 3.63) is 71.1 Å². The van der Waals surface area contributed by atoms with Gasteiger partial charge in [-0.25, -0.2) is 0 Å². The number of aromatic nitrogens is 2. The van der Waals surface area contributed by atoms with E-state index >= 15 is 0 Å². The van der Waals surface area contributed by atoms with Gasteiger partial charge in [0.25, 0.3) is 0 Å².